The Morgan fingerprint density at radius 3 is 2.71 bits per heavy atom. The number of rotatable bonds is 5. The summed E-state index contributed by atoms with van der Waals surface area (Å²) in [5.74, 6) is 0.0539. The molecule has 114 valence electrons. The Bertz CT molecular complexity index is 571. The number of halogens is 1. The Balaban J connectivity index is 0.00000220. The van der Waals surface area contributed by atoms with Crippen molar-refractivity contribution in [2.45, 2.75) is 26.3 Å². The molecule has 0 aliphatic heterocycles. The van der Waals surface area contributed by atoms with E-state index in [9.17, 15) is 4.79 Å². The maximum atomic E-state index is 12.1. The molecule has 0 radical (unpaired) electrons. The van der Waals surface area contributed by atoms with Gasteiger partial charge in [0, 0.05) is 10.6 Å². The average molecular weight is 325 g/mol. The van der Waals surface area contributed by atoms with Crippen LogP contribution in [0.5, 0.6) is 0 Å². The molecule has 2 unspecified atom stereocenters. The van der Waals surface area contributed by atoms with Crippen molar-refractivity contribution >= 4 is 35.3 Å². The predicted octanol–water partition coefficient (Wildman–Crippen LogP) is 4.15. The lowest BCUT2D eigenvalue weighted by Gasteiger charge is -2.17. The van der Waals surface area contributed by atoms with E-state index < -0.39 is 6.04 Å². The van der Waals surface area contributed by atoms with Gasteiger partial charge in [0.2, 0.25) is 5.91 Å². The van der Waals surface area contributed by atoms with Crippen LogP contribution in [-0.4, -0.2) is 11.9 Å². The first-order valence-corrected chi connectivity index (χ1v) is 7.70. The molecule has 0 aliphatic carbocycles. The fraction of sp³-hybridized carbons (Fsp3) is 0.312. The molecule has 3 N–H and O–H groups in total. The first-order chi connectivity index (χ1) is 9.61. The van der Waals surface area contributed by atoms with Crippen molar-refractivity contribution in [2.24, 2.45) is 11.7 Å². The molecule has 2 atom stereocenters. The van der Waals surface area contributed by atoms with Crippen LogP contribution in [0.4, 0.5) is 5.69 Å². The van der Waals surface area contributed by atoms with Crippen LogP contribution in [0.1, 0.15) is 20.3 Å². The summed E-state index contributed by atoms with van der Waals surface area (Å²) in [5.41, 5.74) is 7.84. The Labute approximate surface area is 136 Å². The van der Waals surface area contributed by atoms with Gasteiger partial charge >= 0.3 is 0 Å². The molecule has 5 heteroatoms. The van der Waals surface area contributed by atoms with Crippen molar-refractivity contribution in [2.75, 3.05) is 5.32 Å². The molecule has 21 heavy (non-hydrogen) atoms. The zero-order chi connectivity index (χ0) is 14.5. The second-order valence-corrected chi connectivity index (χ2v) is 5.91. The molecular weight excluding hydrogens is 304 g/mol. The average Bonchev–Trinajstić information content (AvgIpc) is 3.00. The van der Waals surface area contributed by atoms with Gasteiger partial charge in [-0.3, -0.25) is 4.79 Å². The van der Waals surface area contributed by atoms with E-state index in [1.807, 2.05) is 49.6 Å². The number of nitrogens with two attached hydrogens (primary N) is 1. The molecule has 3 nitrogen and oxygen atoms in total. The van der Waals surface area contributed by atoms with Crippen LogP contribution in [-0.2, 0) is 4.79 Å². The summed E-state index contributed by atoms with van der Waals surface area (Å²) in [6.07, 6.45) is 0.893. The van der Waals surface area contributed by atoms with Crippen molar-refractivity contribution in [1.29, 1.82) is 0 Å². The zero-order valence-corrected chi connectivity index (χ0v) is 13.8. The first kappa shape index (κ1) is 17.7. The highest BCUT2D eigenvalue weighted by molar-refractivity contribution is 7.13. The number of carbonyl (C=O) groups is 1. The number of hydrogen-bond donors (Lipinski definition) is 2. The van der Waals surface area contributed by atoms with Crippen LogP contribution in [0.3, 0.4) is 0 Å². The van der Waals surface area contributed by atoms with E-state index in [-0.39, 0.29) is 24.2 Å². The van der Waals surface area contributed by atoms with Gasteiger partial charge in [0.15, 0.2) is 0 Å². The third-order valence-corrected chi connectivity index (χ3v) is 4.41. The lowest BCUT2D eigenvalue weighted by molar-refractivity contribution is -0.118. The number of nitrogens with one attached hydrogen (secondary N) is 1. The molecule has 2 rings (SSSR count). The van der Waals surface area contributed by atoms with Crippen molar-refractivity contribution in [3.05, 3.63) is 41.8 Å². The van der Waals surface area contributed by atoms with Gasteiger partial charge in [-0.1, -0.05) is 38.5 Å². The van der Waals surface area contributed by atoms with Gasteiger partial charge in [-0.2, -0.15) is 0 Å². The number of carbonyl (C=O) groups excluding carboxylic acids is 1. The first-order valence-electron chi connectivity index (χ1n) is 6.82. The molecule has 1 heterocycles. The van der Waals surface area contributed by atoms with Crippen LogP contribution in [0, 0.1) is 5.92 Å². The van der Waals surface area contributed by atoms with Crippen LogP contribution in [0.15, 0.2) is 41.8 Å². The maximum Gasteiger partial charge on any atom is 0.241 e. The summed E-state index contributed by atoms with van der Waals surface area (Å²) in [4.78, 5) is 13.3. The summed E-state index contributed by atoms with van der Waals surface area (Å²) in [6, 6.07) is 11.5. The molecule has 0 spiro atoms. The minimum atomic E-state index is -0.467. The number of amides is 1. The van der Waals surface area contributed by atoms with Crippen LogP contribution < -0.4 is 11.1 Å². The summed E-state index contributed by atoms with van der Waals surface area (Å²) in [7, 11) is 0. The number of anilines is 1. The molecule has 0 aliphatic rings. The van der Waals surface area contributed by atoms with Crippen molar-refractivity contribution < 1.29 is 4.79 Å². The van der Waals surface area contributed by atoms with E-state index >= 15 is 0 Å². The predicted molar refractivity (Wildman–Crippen MR) is 93.1 cm³/mol. The highest BCUT2D eigenvalue weighted by Crippen LogP contribution is 2.26. The minimum absolute atomic E-state index is 0. The molecule has 0 bridgehead atoms. The Morgan fingerprint density at radius 1 is 1.33 bits per heavy atom. The minimum Gasteiger partial charge on any atom is -0.325 e. The summed E-state index contributed by atoms with van der Waals surface area (Å²) in [6.45, 7) is 4.03. The van der Waals surface area contributed by atoms with Gasteiger partial charge in [-0.05, 0) is 35.1 Å². The van der Waals surface area contributed by atoms with Gasteiger partial charge in [-0.25, -0.2) is 0 Å². The highest BCUT2D eigenvalue weighted by Gasteiger charge is 2.19. The second-order valence-electron chi connectivity index (χ2n) is 4.96. The number of hydrogen-bond acceptors (Lipinski definition) is 3. The molecule has 1 aromatic heterocycles. The van der Waals surface area contributed by atoms with Crippen LogP contribution in [0.25, 0.3) is 10.4 Å². The van der Waals surface area contributed by atoms with Crippen molar-refractivity contribution in [1.82, 2.24) is 0 Å². The quantitative estimate of drug-likeness (QED) is 0.868. The number of thiophene rings is 1. The Hall–Kier alpha value is -1.36. The summed E-state index contributed by atoms with van der Waals surface area (Å²) >= 11 is 1.68. The summed E-state index contributed by atoms with van der Waals surface area (Å²) in [5, 5.41) is 4.94. The fourth-order valence-electron chi connectivity index (χ4n) is 1.93. The SMILES string of the molecule is CCC(C)C(N)C(=O)Nc1cccc(-c2cccs2)c1.Cl. The van der Waals surface area contributed by atoms with Crippen molar-refractivity contribution in [3.8, 4) is 10.4 Å². The van der Waals surface area contributed by atoms with E-state index in [0.29, 0.717) is 0 Å². The van der Waals surface area contributed by atoms with Gasteiger partial charge in [0.25, 0.3) is 0 Å². The van der Waals surface area contributed by atoms with Gasteiger partial charge in [0.1, 0.15) is 0 Å². The van der Waals surface area contributed by atoms with E-state index in [0.717, 1.165) is 17.7 Å². The number of benzene rings is 1. The molecule has 0 fully saturated rings. The van der Waals surface area contributed by atoms with Gasteiger partial charge in [-0.15, -0.1) is 23.7 Å². The van der Waals surface area contributed by atoms with Gasteiger partial charge in [0.05, 0.1) is 6.04 Å². The molecule has 0 saturated carbocycles. The van der Waals surface area contributed by atoms with Crippen LogP contribution in [0.2, 0.25) is 0 Å². The van der Waals surface area contributed by atoms with E-state index in [1.165, 1.54) is 4.88 Å². The molecule has 2 aromatic rings. The topological polar surface area (TPSA) is 55.1 Å². The highest BCUT2D eigenvalue weighted by atomic mass is 35.5. The molecular formula is C16H21ClN2OS. The Kier molecular flexibility index (Phi) is 6.89. The Morgan fingerprint density at radius 2 is 2.10 bits per heavy atom. The van der Waals surface area contributed by atoms with E-state index in [4.69, 9.17) is 5.73 Å². The van der Waals surface area contributed by atoms with Crippen LogP contribution >= 0.6 is 23.7 Å². The molecule has 0 saturated heterocycles. The monoisotopic (exact) mass is 324 g/mol. The maximum absolute atomic E-state index is 12.1. The van der Waals surface area contributed by atoms with E-state index in [1.54, 1.807) is 11.3 Å². The third kappa shape index (κ3) is 4.56. The smallest absolute Gasteiger partial charge is 0.241 e. The largest absolute Gasteiger partial charge is 0.325 e. The standard InChI is InChI=1S/C16H20N2OS.ClH/c1-3-11(2)15(17)16(19)18-13-7-4-6-12(10-13)14-8-5-9-20-14;/h4-11,15H,3,17H2,1-2H3,(H,18,19);1H. The lowest BCUT2D eigenvalue weighted by Crippen LogP contribution is -2.40. The third-order valence-electron chi connectivity index (χ3n) is 3.50. The zero-order valence-electron chi connectivity index (χ0n) is 12.2. The molecule has 1 aromatic carbocycles. The summed E-state index contributed by atoms with van der Waals surface area (Å²) < 4.78 is 0. The second kappa shape index (κ2) is 8.17. The molecule has 1 amide bonds. The fourth-order valence-corrected chi connectivity index (χ4v) is 2.65. The van der Waals surface area contributed by atoms with Crippen molar-refractivity contribution in [3.63, 3.8) is 0 Å². The van der Waals surface area contributed by atoms with E-state index in [2.05, 4.69) is 11.4 Å². The van der Waals surface area contributed by atoms with Gasteiger partial charge < -0.3 is 11.1 Å². The lowest BCUT2D eigenvalue weighted by atomic mass is 9.99. The normalized spacial score (nSPS) is 13.1.